The van der Waals surface area contributed by atoms with E-state index < -0.39 is 0 Å². The molecule has 1 aliphatic rings. The van der Waals surface area contributed by atoms with Gasteiger partial charge in [-0.25, -0.2) is 4.68 Å². The lowest BCUT2D eigenvalue weighted by molar-refractivity contribution is -0.115. The summed E-state index contributed by atoms with van der Waals surface area (Å²) in [7, 11) is 0. The van der Waals surface area contributed by atoms with E-state index in [0.29, 0.717) is 6.42 Å². The van der Waals surface area contributed by atoms with Gasteiger partial charge in [-0.1, -0.05) is 30.3 Å². The number of carbonyl (C=O) groups is 1. The maximum Gasteiger partial charge on any atom is 0.228 e. The van der Waals surface area contributed by atoms with Gasteiger partial charge < -0.3 is 5.32 Å². The molecule has 4 heteroatoms. The van der Waals surface area contributed by atoms with E-state index >= 15 is 0 Å². The molecule has 0 spiro atoms. The summed E-state index contributed by atoms with van der Waals surface area (Å²) in [6.45, 7) is 0. The number of hydrogen-bond acceptors (Lipinski definition) is 2. The van der Waals surface area contributed by atoms with Crippen LogP contribution in [0.1, 0.15) is 29.5 Å². The highest BCUT2D eigenvalue weighted by molar-refractivity contribution is 5.93. The zero-order valence-corrected chi connectivity index (χ0v) is 14.1. The molecule has 0 radical (unpaired) electrons. The zero-order valence-electron chi connectivity index (χ0n) is 14.1. The van der Waals surface area contributed by atoms with Gasteiger partial charge in [0.15, 0.2) is 0 Å². The second-order valence-corrected chi connectivity index (χ2v) is 6.50. The Morgan fingerprint density at radius 1 is 1.04 bits per heavy atom. The topological polar surface area (TPSA) is 46.9 Å². The fourth-order valence-electron chi connectivity index (χ4n) is 3.45. The smallest absolute Gasteiger partial charge is 0.228 e. The van der Waals surface area contributed by atoms with E-state index in [2.05, 4.69) is 16.5 Å². The van der Waals surface area contributed by atoms with E-state index in [0.717, 1.165) is 29.8 Å². The lowest BCUT2D eigenvalue weighted by Crippen LogP contribution is -2.17. The Bertz CT molecular complexity index is 883. The maximum atomic E-state index is 12.5. The molecule has 25 heavy (non-hydrogen) atoms. The standard InChI is InChI=1S/C21H21N3O/c25-21(23-20-12-6-8-17-7-4-5-11-19(17)20)13-16-14-22-24(15-16)18-9-2-1-3-10-18/h1-3,6,8-10,12,14-15H,4-5,7,11,13H2,(H,23,25). The number of benzene rings is 2. The number of aromatic nitrogens is 2. The van der Waals surface area contributed by atoms with Crippen molar-refractivity contribution in [1.29, 1.82) is 0 Å². The van der Waals surface area contributed by atoms with Crippen molar-refractivity contribution in [3.8, 4) is 5.69 Å². The van der Waals surface area contributed by atoms with Gasteiger partial charge in [-0.3, -0.25) is 4.79 Å². The van der Waals surface area contributed by atoms with Crippen molar-refractivity contribution in [2.24, 2.45) is 0 Å². The molecule has 0 saturated carbocycles. The van der Waals surface area contributed by atoms with Crippen LogP contribution in [-0.4, -0.2) is 15.7 Å². The number of fused-ring (bicyclic) bond motifs is 1. The Kier molecular flexibility index (Phi) is 4.34. The second-order valence-electron chi connectivity index (χ2n) is 6.50. The minimum Gasteiger partial charge on any atom is -0.326 e. The van der Waals surface area contributed by atoms with Crippen molar-refractivity contribution in [3.05, 3.63) is 77.6 Å². The molecule has 0 aliphatic heterocycles. The van der Waals surface area contributed by atoms with Crippen LogP contribution in [0.15, 0.2) is 60.9 Å². The van der Waals surface area contributed by atoms with Crippen molar-refractivity contribution in [2.75, 3.05) is 5.32 Å². The molecular formula is C21H21N3O. The van der Waals surface area contributed by atoms with Crippen LogP contribution in [0.4, 0.5) is 5.69 Å². The first-order valence-corrected chi connectivity index (χ1v) is 8.79. The fraction of sp³-hybridized carbons (Fsp3) is 0.238. The van der Waals surface area contributed by atoms with Gasteiger partial charge in [0, 0.05) is 11.9 Å². The number of nitrogens with zero attached hydrogens (tertiary/aromatic N) is 2. The summed E-state index contributed by atoms with van der Waals surface area (Å²) in [5, 5.41) is 7.45. The van der Waals surface area contributed by atoms with Crippen molar-refractivity contribution < 1.29 is 4.79 Å². The minimum atomic E-state index is 0.00610. The number of rotatable bonds is 4. The van der Waals surface area contributed by atoms with E-state index in [1.165, 1.54) is 24.0 Å². The first-order valence-electron chi connectivity index (χ1n) is 8.79. The predicted octanol–water partition coefficient (Wildman–Crippen LogP) is 3.93. The fourth-order valence-corrected chi connectivity index (χ4v) is 3.45. The molecule has 1 heterocycles. The quantitative estimate of drug-likeness (QED) is 0.787. The Labute approximate surface area is 147 Å². The summed E-state index contributed by atoms with van der Waals surface area (Å²) in [6, 6.07) is 16.1. The van der Waals surface area contributed by atoms with Crippen LogP contribution < -0.4 is 5.32 Å². The zero-order chi connectivity index (χ0) is 17.1. The van der Waals surface area contributed by atoms with E-state index in [-0.39, 0.29) is 5.91 Å². The van der Waals surface area contributed by atoms with Gasteiger partial charge in [0.1, 0.15) is 0 Å². The van der Waals surface area contributed by atoms with Crippen LogP contribution in [0, 0.1) is 0 Å². The first-order chi connectivity index (χ1) is 12.3. The molecule has 1 N–H and O–H groups in total. The van der Waals surface area contributed by atoms with Crippen molar-refractivity contribution in [3.63, 3.8) is 0 Å². The second kappa shape index (κ2) is 6.93. The number of para-hydroxylation sites is 1. The Morgan fingerprint density at radius 3 is 2.76 bits per heavy atom. The van der Waals surface area contributed by atoms with E-state index in [1.807, 2.05) is 48.7 Å². The minimum absolute atomic E-state index is 0.00610. The summed E-state index contributed by atoms with van der Waals surface area (Å²) in [4.78, 5) is 12.5. The molecule has 126 valence electrons. The van der Waals surface area contributed by atoms with E-state index in [4.69, 9.17) is 0 Å². The van der Waals surface area contributed by atoms with Crippen molar-refractivity contribution in [1.82, 2.24) is 9.78 Å². The third-order valence-electron chi connectivity index (χ3n) is 4.69. The van der Waals surface area contributed by atoms with E-state index in [1.54, 1.807) is 10.9 Å². The molecule has 3 aromatic rings. The molecule has 0 fully saturated rings. The third kappa shape index (κ3) is 3.48. The summed E-state index contributed by atoms with van der Waals surface area (Å²) in [5.41, 5.74) is 5.55. The van der Waals surface area contributed by atoms with Crippen LogP contribution >= 0.6 is 0 Å². The highest BCUT2D eigenvalue weighted by Crippen LogP contribution is 2.27. The van der Waals surface area contributed by atoms with Gasteiger partial charge in [0.2, 0.25) is 5.91 Å². The van der Waals surface area contributed by atoms with Gasteiger partial charge in [0.25, 0.3) is 0 Å². The van der Waals surface area contributed by atoms with Crippen LogP contribution in [0.25, 0.3) is 5.69 Å². The van der Waals surface area contributed by atoms with Gasteiger partial charge in [0.05, 0.1) is 18.3 Å². The van der Waals surface area contributed by atoms with Gasteiger partial charge in [-0.15, -0.1) is 0 Å². The van der Waals surface area contributed by atoms with Gasteiger partial charge in [-0.2, -0.15) is 5.10 Å². The molecular weight excluding hydrogens is 310 g/mol. The molecule has 1 amide bonds. The average molecular weight is 331 g/mol. The van der Waals surface area contributed by atoms with Gasteiger partial charge >= 0.3 is 0 Å². The Balaban J connectivity index is 1.46. The first kappa shape index (κ1) is 15.6. The van der Waals surface area contributed by atoms with Crippen molar-refractivity contribution in [2.45, 2.75) is 32.1 Å². The number of carbonyl (C=O) groups excluding carboxylic acids is 1. The number of anilines is 1. The molecule has 0 saturated heterocycles. The lowest BCUT2D eigenvalue weighted by Gasteiger charge is -2.19. The normalized spacial score (nSPS) is 13.3. The molecule has 1 aliphatic carbocycles. The average Bonchev–Trinajstić information content (AvgIpc) is 3.11. The molecule has 2 aromatic carbocycles. The monoisotopic (exact) mass is 331 g/mol. The van der Waals surface area contributed by atoms with Crippen molar-refractivity contribution >= 4 is 11.6 Å². The largest absolute Gasteiger partial charge is 0.326 e. The predicted molar refractivity (Wildman–Crippen MR) is 99.0 cm³/mol. The number of aryl methyl sites for hydroxylation is 1. The Hall–Kier alpha value is -2.88. The third-order valence-corrected chi connectivity index (χ3v) is 4.69. The highest BCUT2D eigenvalue weighted by atomic mass is 16.1. The van der Waals surface area contributed by atoms with Crippen LogP contribution in [0.5, 0.6) is 0 Å². The maximum absolute atomic E-state index is 12.5. The molecule has 0 atom stereocenters. The van der Waals surface area contributed by atoms with E-state index in [9.17, 15) is 4.79 Å². The number of hydrogen-bond donors (Lipinski definition) is 1. The number of nitrogens with one attached hydrogen (secondary N) is 1. The summed E-state index contributed by atoms with van der Waals surface area (Å²) in [5.74, 6) is 0.00610. The highest BCUT2D eigenvalue weighted by Gasteiger charge is 2.15. The SMILES string of the molecule is O=C(Cc1cnn(-c2ccccc2)c1)Nc1cccc2c1CCCC2. The summed E-state index contributed by atoms with van der Waals surface area (Å²) >= 11 is 0. The Morgan fingerprint density at radius 2 is 1.88 bits per heavy atom. The van der Waals surface area contributed by atoms with Crippen LogP contribution in [-0.2, 0) is 24.1 Å². The van der Waals surface area contributed by atoms with Crippen LogP contribution in [0.3, 0.4) is 0 Å². The van der Waals surface area contributed by atoms with Crippen LogP contribution in [0.2, 0.25) is 0 Å². The number of amides is 1. The lowest BCUT2D eigenvalue weighted by atomic mass is 9.90. The van der Waals surface area contributed by atoms with Gasteiger partial charge in [-0.05, 0) is 60.6 Å². The molecule has 0 unspecified atom stereocenters. The molecule has 4 nitrogen and oxygen atoms in total. The summed E-state index contributed by atoms with van der Waals surface area (Å²) < 4.78 is 1.80. The summed E-state index contributed by atoms with van der Waals surface area (Å²) in [6.07, 6.45) is 8.60. The molecule has 0 bridgehead atoms. The molecule has 4 rings (SSSR count). The molecule has 1 aromatic heterocycles.